The number of nitrogens with zero attached hydrogens (tertiary/aromatic N) is 1. The Hall–Kier alpha value is -2.98. The summed E-state index contributed by atoms with van der Waals surface area (Å²) in [5.41, 5.74) is 4.67. The van der Waals surface area contributed by atoms with Crippen LogP contribution in [0.5, 0.6) is 0 Å². The van der Waals surface area contributed by atoms with Gasteiger partial charge < -0.3 is 10.1 Å². The summed E-state index contributed by atoms with van der Waals surface area (Å²) in [4.78, 5) is 16.7. The number of carbonyl (C=O) groups is 1. The molecule has 0 saturated heterocycles. The molecule has 4 heteroatoms. The van der Waals surface area contributed by atoms with Crippen molar-refractivity contribution in [2.75, 3.05) is 12.4 Å². The second-order valence-corrected chi connectivity index (χ2v) is 5.78. The number of pyridine rings is 1. The molecule has 25 heavy (non-hydrogen) atoms. The van der Waals surface area contributed by atoms with E-state index in [0.717, 1.165) is 27.9 Å². The van der Waals surface area contributed by atoms with E-state index in [2.05, 4.69) is 10.3 Å². The molecule has 1 N–H and O–H groups in total. The summed E-state index contributed by atoms with van der Waals surface area (Å²) in [5.74, 6) is -0.191. The van der Waals surface area contributed by atoms with Gasteiger partial charge in [-0.1, -0.05) is 42.5 Å². The van der Waals surface area contributed by atoms with E-state index in [4.69, 9.17) is 4.74 Å². The number of aryl methyl sites for hydroxylation is 1. The summed E-state index contributed by atoms with van der Waals surface area (Å²) in [6, 6.07) is 19.4. The first-order valence-corrected chi connectivity index (χ1v) is 8.08. The number of amides is 1. The topological polar surface area (TPSA) is 51.2 Å². The number of hydrogen-bond acceptors (Lipinski definition) is 3. The zero-order valence-electron chi connectivity index (χ0n) is 14.3. The van der Waals surface area contributed by atoms with Crippen molar-refractivity contribution in [1.29, 1.82) is 0 Å². The summed E-state index contributed by atoms with van der Waals surface area (Å²) < 4.78 is 5.40. The standard InChI is InChI=1S/C21H20N2O2/c1-15-8-9-18(16-10-12-22-13-11-16)14-19(15)23-21(24)20(25-2)17-6-4-3-5-7-17/h3-14,20H,1-2H3,(H,23,24)/t20-/m0/s1. The van der Waals surface area contributed by atoms with Crippen LogP contribution < -0.4 is 5.32 Å². The Morgan fingerprint density at radius 1 is 1.00 bits per heavy atom. The molecule has 2 aromatic carbocycles. The number of ether oxygens (including phenoxy) is 1. The highest BCUT2D eigenvalue weighted by molar-refractivity contribution is 5.96. The summed E-state index contributed by atoms with van der Waals surface area (Å²) in [5, 5.41) is 2.99. The monoisotopic (exact) mass is 332 g/mol. The molecule has 4 nitrogen and oxygen atoms in total. The normalized spacial score (nSPS) is 11.8. The Kier molecular flexibility index (Phi) is 5.21. The smallest absolute Gasteiger partial charge is 0.258 e. The van der Waals surface area contributed by atoms with Crippen molar-refractivity contribution in [3.8, 4) is 11.1 Å². The van der Waals surface area contributed by atoms with E-state index in [0.29, 0.717) is 0 Å². The van der Waals surface area contributed by atoms with Gasteiger partial charge in [0.2, 0.25) is 0 Å². The Morgan fingerprint density at radius 2 is 1.72 bits per heavy atom. The fourth-order valence-corrected chi connectivity index (χ4v) is 2.70. The maximum atomic E-state index is 12.7. The third kappa shape index (κ3) is 3.92. The van der Waals surface area contributed by atoms with Crippen LogP contribution in [0, 0.1) is 6.92 Å². The molecule has 1 heterocycles. The van der Waals surface area contributed by atoms with Crippen LogP contribution in [-0.4, -0.2) is 18.0 Å². The number of anilines is 1. The van der Waals surface area contributed by atoms with Crippen LogP contribution in [0.2, 0.25) is 0 Å². The van der Waals surface area contributed by atoms with Crippen molar-refractivity contribution in [2.24, 2.45) is 0 Å². The number of hydrogen-bond donors (Lipinski definition) is 1. The van der Waals surface area contributed by atoms with Gasteiger partial charge in [-0.2, -0.15) is 0 Å². The highest BCUT2D eigenvalue weighted by Crippen LogP contribution is 2.26. The highest BCUT2D eigenvalue weighted by Gasteiger charge is 2.20. The third-order valence-corrected chi connectivity index (χ3v) is 4.09. The van der Waals surface area contributed by atoms with Crippen LogP contribution in [0.15, 0.2) is 73.1 Å². The summed E-state index contributed by atoms with van der Waals surface area (Å²) in [6.45, 7) is 1.97. The van der Waals surface area contributed by atoms with E-state index in [-0.39, 0.29) is 5.91 Å². The van der Waals surface area contributed by atoms with Gasteiger partial charge in [-0.15, -0.1) is 0 Å². The molecule has 1 amide bonds. The molecule has 0 fully saturated rings. The number of carbonyl (C=O) groups excluding carboxylic acids is 1. The van der Waals surface area contributed by atoms with Crippen molar-refractivity contribution in [2.45, 2.75) is 13.0 Å². The molecule has 0 aliphatic heterocycles. The fraction of sp³-hybridized carbons (Fsp3) is 0.143. The number of methoxy groups -OCH3 is 1. The summed E-state index contributed by atoms with van der Waals surface area (Å²) in [6.07, 6.45) is 2.86. The molecule has 0 aliphatic carbocycles. The van der Waals surface area contributed by atoms with Gasteiger partial charge in [-0.25, -0.2) is 0 Å². The molecular weight excluding hydrogens is 312 g/mol. The van der Waals surface area contributed by atoms with Gasteiger partial charge in [0.05, 0.1) is 0 Å². The second kappa shape index (κ2) is 7.73. The van der Waals surface area contributed by atoms with Crippen LogP contribution in [0.4, 0.5) is 5.69 Å². The Labute approximate surface area is 147 Å². The third-order valence-electron chi connectivity index (χ3n) is 4.09. The lowest BCUT2D eigenvalue weighted by Crippen LogP contribution is -2.23. The molecule has 3 rings (SSSR count). The number of rotatable bonds is 5. The van der Waals surface area contributed by atoms with Gasteiger partial charge in [0, 0.05) is 25.2 Å². The maximum Gasteiger partial charge on any atom is 0.258 e. The minimum atomic E-state index is -0.648. The predicted octanol–water partition coefficient (Wildman–Crippen LogP) is 4.38. The largest absolute Gasteiger partial charge is 0.367 e. The molecule has 0 aliphatic rings. The summed E-state index contributed by atoms with van der Waals surface area (Å²) >= 11 is 0. The van der Waals surface area contributed by atoms with E-state index < -0.39 is 6.10 Å². The van der Waals surface area contributed by atoms with Crippen molar-refractivity contribution in [3.05, 3.63) is 84.2 Å². The van der Waals surface area contributed by atoms with Crippen molar-refractivity contribution < 1.29 is 9.53 Å². The van der Waals surface area contributed by atoms with Gasteiger partial charge in [0.15, 0.2) is 6.10 Å². The van der Waals surface area contributed by atoms with Crippen LogP contribution in [0.3, 0.4) is 0 Å². The highest BCUT2D eigenvalue weighted by atomic mass is 16.5. The number of aromatic nitrogens is 1. The zero-order chi connectivity index (χ0) is 17.6. The molecular formula is C21H20N2O2. The summed E-state index contributed by atoms with van der Waals surface area (Å²) in [7, 11) is 1.54. The molecule has 126 valence electrons. The molecule has 0 radical (unpaired) electrons. The molecule has 3 aromatic rings. The first-order chi connectivity index (χ1) is 12.2. The minimum Gasteiger partial charge on any atom is -0.367 e. The van der Waals surface area contributed by atoms with Crippen molar-refractivity contribution in [1.82, 2.24) is 4.98 Å². The zero-order valence-corrected chi connectivity index (χ0v) is 14.3. The lowest BCUT2D eigenvalue weighted by atomic mass is 10.0. The predicted molar refractivity (Wildman–Crippen MR) is 99.2 cm³/mol. The number of benzene rings is 2. The second-order valence-electron chi connectivity index (χ2n) is 5.78. The van der Waals surface area contributed by atoms with Crippen molar-refractivity contribution >= 4 is 11.6 Å². The van der Waals surface area contributed by atoms with E-state index in [1.54, 1.807) is 12.4 Å². The average Bonchev–Trinajstić information content (AvgIpc) is 2.66. The quantitative estimate of drug-likeness (QED) is 0.754. The van der Waals surface area contributed by atoms with Gasteiger partial charge in [-0.3, -0.25) is 9.78 Å². The van der Waals surface area contributed by atoms with Gasteiger partial charge in [0.1, 0.15) is 0 Å². The van der Waals surface area contributed by atoms with Gasteiger partial charge >= 0.3 is 0 Å². The molecule has 0 bridgehead atoms. The van der Waals surface area contributed by atoms with Crippen LogP contribution >= 0.6 is 0 Å². The van der Waals surface area contributed by atoms with Gasteiger partial charge in [-0.05, 0) is 47.4 Å². The first kappa shape index (κ1) is 16.9. The molecule has 0 unspecified atom stereocenters. The Balaban J connectivity index is 1.85. The van der Waals surface area contributed by atoms with Crippen molar-refractivity contribution in [3.63, 3.8) is 0 Å². The van der Waals surface area contributed by atoms with Crippen LogP contribution in [0.25, 0.3) is 11.1 Å². The van der Waals surface area contributed by atoms with Gasteiger partial charge in [0.25, 0.3) is 5.91 Å². The lowest BCUT2D eigenvalue weighted by molar-refractivity contribution is -0.126. The Morgan fingerprint density at radius 3 is 2.40 bits per heavy atom. The Bertz CT molecular complexity index is 848. The fourth-order valence-electron chi connectivity index (χ4n) is 2.70. The molecule has 1 aromatic heterocycles. The lowest BCUT2D eigenvalue weighted by Gasteiger charge is -2.17. The average molecular weight is 332 g/mol. The minimum absolute atomic E-state index is 0.191. The maximum absolute atomic E-state index is 12.7. The van der Waals surface area contributed by atoms with Crippen LogP contribution in [-0.2, 0) is 9.53 Å². The van der Waals surface area contributed by atoms with E-state index >= 15 is 0 Å². The molecule has 0 saturated carbocycles. The molecule has 1 atom stereocenters. The molecule has 0 spiro atoms. The first-order valence-electron chi connectivity index (χ1n) is 8.08. The van der Waals surface area contributed by atoms with E-state index in [1.807, 2.05) is 67.6 Å². The number of nitrogens with one attached hydrogen (secondary N) is 1. The van der Waals surface area contributed by atoms with E-state index in [1.165, 1.54) is 7.11 Å². The SMILES string of the molecule is CO[C@H](C(=O)Nc1cc(-c2ccncc2)ccc1C)c1ccccc1. The van der Waals surface area contributed by atoms with Crippen LogP contribution in [0.1, 0.15) is 17.2 Å². The van der Waals surface area contributed by atoms with E-state index in [9.17, 15) is 4.79 Å².